The number of nitrogens with zero attached hydrogens (tertiary/aromatic N) is 3. The largest absolute Gasteiger partial charge is 0.478 e. The molecular formula is C12H13BrN4O2. The molecule has 0 unspecified atom stereocenters. The Hall–Kier alpha value is -1.73. The lowest BCUT2D eigenvalue weighted by Crippen LogP contribution is -2.20. The summed E-state index contributed by atoms with van der Waals surface area (Å²) in [5.41, 5.74) is 1.29. The van der Waals surface area contributed by atoms with Gasteiger partial charge in [-0.1, -0.05) is 27.2 Å². The van der Waals surface area contributed by atoms with Crippen LogP contribution < -0.4 is 5.32 Å². The Balaban J connectivity index is 1.84. The van der Waals surface area contributed by atoms with Crippen molar-refractivity contribution in [1.29, 1.82) is 0 Å². The molecule has 0 amide bonds. The molecule has 19 heavy (non-hydrogen) atoms. The van der Waals surface area contributed by atoms with Crippen molar-refractivity contribution in [2.45, 2.75) is 13.1 Å². The molecule has 2 rings (SSSR count). The van der Waals surface area contributed by atoms with Crippen LogP contribution in [0.2, 0.25) is 0 Å². The molecule has 0 spiro atoms. The van der Waals surface area contributed by atoms with Crippen molar-refractivity contribution in [2.24, 2.45) is 0 Å². The van der Waals surface area contributed by atoms with Gasteiger partial charge in [-0.2, -0.15) is 0 Å². The van der Waals surface area contributed by atoms with Gasteiger partial charge in [-0.05, 0) is 17.7 Å². The van der Waals surface area contributed by atoms with Crippen molar-refractivity contribution in [2.75, 3.05) is 6.54 Å². The molecule has 7 heteroatoms. The molecule has 6 nitrogen and oxygen atoms in total. The van der Waals surface area contributed by atoms with E-state index in [2.05, 4.69) is 31.6 Å². The molecule has 1 aromatic heterocycles. The summed E-state index contributed by atoms with van der Waals surface area (Å²) < 4.78 is 2.54. The lowest BCUT2D eigenvalue weighted by atomic mass is 10.1. The van der Waals surface area contributed by atoms with Gasteiger partial charge in [-0.15, -0.1) is 5.10 Å². The van der Waals surface area contributed by atoms with Gasteiger partial charge >= 0.3 is 5.97 Å². The average molecular weight is 325 g/mol. The van der Waals surface area contributed by atoms with E-state index < -0.39 is 5.97 Å². The van der Waals surface area contributed by atoms with Crippen molar-refractivity contribution in [3.05, 3.63) is 46.2 Å². The molecule has 2 aromatic rings. The number of halogens is 1. The molecule has 1 aromatic carbocycles. The van der Waals surface area contributed by atoms with Crippen LogP contribution >= 0.6 is 15.9 Å². The number of hydrogen-bond acceptors (Lipinski definition) is 4. The van der Waals surface area contributed by atoms with Crippen molar-refractivity contribution in [3.63, 3.8) is 0 Å². The monoisotopic (exact) mass is 324 g/mol. The van der Waals surface area contributed by atoms with Crippen LogP contribution in [0.4, 0.5) is 0 Å². The van der Waals surface area contributed by atoms with Gasteiger partial charge in [0, 0.05) is 23.8 Å². The zero-order chi connectivity index (χ0) is 13.7. The molecule has 0 aliphatic heterocycles. The molecule has 0 saturated heterocycles. The van der Waals surface area contributed by atoms with Gasteiger partial charge in [0.15, 0.2) is 0 Å². The summed E-state index contributed by atoms with van der Waals surface area (Å²) in [7, 11) is 0. The molecule has 0 atom stereocenters. The van der Waals surface area contributed by atoms with Crippen molar-refractivity contribution >= 4 is 21.9 Å². The number of benzene rings is 1. The van der Waals surface area contributed by atoms with E-state index in [1.807, 2.05) is 0 Å². The predicted octanol–water partition coefficient (Wildman–Crippen LogP) is 1.53. The highest BCUT2D eigenvalue weighted by Crippen LogP contribution is 2.18. The maximum Gasteiger partial charge on any atom is 0.335 e. The Morgan fingerprint density at radius 1 is 1.47 bits per heavy atom. The molecule has 0 aliphatic rings. The Bertz CT molecular complexity index is 557. The summed E-state index contributed by atoms with van der Waals surface area (Å²) in [6.07, 6.45) is 3.44. The fourth-order valence-electron chi connectivity index (χ4n) is 1.59. The van der Waals surface area contributed by atoms with Gasteiger partial charge in [-0.3, -0.25) is 4.68 Å². The van der Waals surface area contributed by atoms with E-state index in [9.17, 15) is 4.79 Å². The van der Waals surface area contributed by atoms with Crippen molar-refractivity contribution < 1.29 is 9.90 Å². The van der Waals surface area contributed by atoms with E-state index in [0.717, 1.165) is 23.1 Å². The minimum Gasteiger partial charge on any atom is -0.478 e. The molecule has 0 saturated carbocycles. The van der Waals surface area contributed by atoms with E-state index in [1.54, 1.807) is 35.3 Å². The molecule has 1 heterocycles. The number of aromatic carboxylic acids is 1. The van der Waals surface area contributed by atoms with Crippen molar-refractivity contribution in [3.8, 4) is 0 Å². The predicted molar refractivity (Wildman–Crippen MR) is 72.8 cm³/mol. The second kappa shape index (κ2) is 6.44. The van der Waals surface area contributed by atoms with E-state index in [-0.39, 0.29) is 5.56 Å². The summed E-state index contributed by atoms with van der Waals surface area (Å²) in [5.74, 6) is -0.925. The van der Waals surface area contributed by atoms with Gasteiger partial charge in [0.05, 0.1) is 18.3 Å². The van der Waals surface area contributed by atoms with E-state index in [4.69, 9.17) is 5.11 Å². The van der Waals surface area contributed by atoms with E-state index in [0.29, 0.717) is 6.54 Å². The van der Waals surface area contributed by atoms with Crippen LogP contribution in [0.25, 0.3) is 0 Å². The summed E-state index contributed by atoms with van der Waals surface area (Å²) in [6, 6.07) is 5.01. The van der Waals surface area contributed by atoms with Gasteiger partial charge in [0.2, 0.25) is 0 Å². The SMILES string of the molecule is O=C(O)c1ccc(CNCCn2ccnn2)c(Br)c1. The maximum absolute atomic E-state index is 10.8. The van der Waals surface area contributed by atoms with Crippen LogP contribution in [0.5, 0.6) is 0 Å². The summed E-state index contributed by atoms with van der Waals surface area (Å²) in [4.78, 5) is 10.8. The Morgan fingerprint density at radius 3 is 2.95 bits per heavy atom. The van der Waals surface area contributed by atoms with Crippen LogP contribution in [0.1, 0.15) is 15.9 Å². The Kier molecular flexibility index (Phi) is 4.64. The van der Waals surface area contributed by atoms with Crippen LogP contribution in [0.15, 0.2) is 35.1 Å². The lowest BCUT2D eigenvalue weighted by molar-refractivity contribution is 0.0697. The number of carboxylic acids is 1. The number of rotatable bonds is 6. The van der Waals surface area contributed by atoms with Gasteiger partial charge in [0.1, 0.15) is 0 Å². The fraction of sp³-hybridized carbons (Fsp3) is 0.250. The number of carbonyl (C=O) groups is 1. The summed E-state index contributed by atoms with van der Waals surface area (Å²) in [5, 5.41) is 19.7. The first-order valence-corrected chi connectivity index (χ1v) is 6.52. The number of carboxylic acid groups (broad SMARTS) is 1. The summed E-state index contributed by atoms with van der Waals surface area (Å²) >= 11 is 3.38. The van der Waals surface area contributed by atoms with Crippen LogP contribution in [0.3, 0.4) is 0 Å². The second-order valence-corrected chi connectivity index (χ2v) is 4.81. The Morgan fingerprint density at radius 2 is 2.32 bits per heavy atom. The fourth-order valence-corrected chi connectivity index (χ4v) is 2.11. The molecule has 0 radical (unpaired) electrons. The second-order valence-electron chi connectivity index (χ2n) is 3.95. The third-order valence-electron chi connectivity index (χ3n) is 2.61. The van der Waals surface area contributed by atoms with Crippen molar-refractivity contribution in [1.82, 2.24) is 20.3 Å². The third kappa shape index (κ3) is 3.87. The van der Waals surface area contributed by atoms with E-state index >= 15 is 0 Å². The van der Waals surface area contributed by atoms with Gasteiger partial charge in [-0.25, -0.2) is 4.79 Å². The first-order chi connectivity index (χ1) is 9.16. The number of aromatic nitrogens is 3. The van der Waals surface area contributed by atoms with Crippen LogP contribution in [-0.2, 0) is 13.1 Å². The maximum atomic E-state index is 10.8. The highest BCUT2D eigenvalue weighted by atomic mass is 79.9. The van der Waals surface area contributed by atoms with Crippen LogP contribution in [0, 0.1) is 0 Å². The molecule has 100 valence electrons. The topological polar surface area (TPSA) is 80.0 Å². The Labute approximate surface area is 118 Å². The first-order valence-electron chi connectivity index (χ1n) is 5.73. The molecule has 0 bridgehead atoms. The normalized spacial score (nSPS) is 10.6. The quantitative estimate of drug-likeness (QED) is 0.788. The average Bonchev–Trinajstić information content (AvgIpc) is 2.89. The highest BCUT2D eigenvalue weighted by Gasteiger charge is 2.06. The number of nitrogens with one attached hydrogen (secondary N) is 1. The summed E-state index contributed by atoms with van der Waals surface area (Å²) in [6.45, 7) is 2.16. The molecule has 0 aliphatic carbocycles. The van der Waals surface area contributed by atoms with Crippen LogP contribution in [-0.4, -0.2) is 32.6 Å². The third-order valence-corrected chi connectivity index (χ3v) is 3.34. The van der Waals surface area contributed by atoms with Gasteiger partial charge < -0.3 is 10.4 Å². The smallest absolute Gasteiger partial charge is 0.335 e. The minimum absolute atomic E-state index is 0.276. The molecular weight excluding hydrogens is 312 g/mol. The first kappa shape index (κ1) is 13.7. The van der Waals surface area contributed by atoms with E-state index in [1.165, 1.54) is 0 Å². The minimum atomic E-state index is -0.925. The standard InChI is InChI=1S/C12H13BrN4O2/c13-11-7-9(12(18)19)1-2-10(11)8-14-3-5-17-6-4-15-16-17/h1-2,4,6-7,14H,3,5,8H2,(H,18,19). The van der Waals surface area contributed by atoms with Gasteiger partial charge in [0.25, 0.3) is 0 Å². The molecule has 0 fully saturated rings. The zero-order valence-corrected chi connectivity index (χ0v) is 11.7. The number of hydrogen-bond donors (Lipinski definition) is 2. The lowest BCUT2D eigenvalue weighted by Gasteiger charge is -2.07. The highest BCUT2D eigenvalue weighted by molar-refractivity contribution is 9.10. The zero-order valence-electron chi connectivity index (χ0n) is 10.1. The molecule has 2 N–H and O–H groups in total.